The monoisotopic (exact) mass is 382 g/mol. The Morgan fingerprint density at radius 1 is 1.04 bits per heavy atom. The minimum atomic E-state index is -0.0250. The molecule has 0 aliphatic heterocycles. The zero-order valence-electron chi connectivity index (χ0n) is 18.7. The third-order valence-corrected chi connectivity index (χ3v) is 7.92. The van der Waals surface area contributed by atoms with Crippen LogP contribution < -0.4 is 4.74 Å². The van der Waals surface area contributed by atoms with Gasteiger partial charge in [0.25, 0.3) is 0 Å². The number of esters is 1. The molecule has 4 aliphatic rings. The fourth-order valence-corrected chi connectivity index (χ4v) is 6.72. The molecule has 154 valence electrons. The van der Waals surface area contributed by atoms with Crippen molar-refractivity contribution in [1.82, 2.24) is 0 Å². The van der Waals surface area contributed by atoms with E-state index in [1.54, 1.807) is 0 Å². The first kappa shape index (κ1) is 20.0. The topological polar surface area (TPSA) is 26.3 Å². The van der Waals surface area contributed by atoms with Crippen molar-refractivity contribution in [2.45, 2.75) is 86.0 Å². The van der Waals surface area contributed by atoms with Gasteiger partial charge in [0.2, 0.25) is 0 Å². The molecule has 3 atom stereocenters. The van der Waals surface area contributed by atoms with E-state index in [9.17, 15) is 4.79 Å². The molecule has 3 unspecified atom stereocenters. The predicted octanol–water partition coefficient (Wildman–Crippen LogP) is 6.98. The van der Waals surface area contributed by atoms with Gasteiger partial charge in [-0.2, -0.15) is 0 Å². The summed E-state index contributed by atoms with van der Waals surface area (Å²) in [5, 5.41) is 0. The number of ether oxygens (including phenoxy) is 1. The molecular formula is C26H38O2. The number of carbonyl (C=O) groups excluding carboxylic acids is 1. The molecule has 4 bridgehead atoms. The van der Waals surface area contributed by atoms with Gasteiger partial charge < -0.3 is 4.74 Å². The molecule has 2 nitrogen and oxygen atoms in total. The van der Waals surface area contributed by atoms with Crippen LogP contribution in [-0.4, -0.2) is 5.97 Å². The SMILES string of the molecule is CC(C)(C)CC(c1ccc(OC(=O)CC23CC4CC2CC4C3)cc1)C(C)(C)C. The summed E-state index contributed by atoms with van der Waals surface area (Å²) in [4.78, 5) is 12.7. The summed E-state index contributed by atoms with van der Waals surface area (Å²) in [6.07, 6.45) is 7.05. The fraction of sp³-hybridized carbons (Fsp3) is 0.731. The molecule has 2 heteroatoms. The van der Waals surface area contributed by atoms with E-state index in [4.69, 9.17) is 4.74 Å². The third-order valence-electron chi connectivity index (χ3n) is 7.92. The molecular weight excluding hydrogens is 344 g/mol. The second kappa shape index (κ2) is 6.61. The van der Waals surface area contributed by atoms with Crippen LogP contribution in [0.2, 0.25) is 0 Å². The van der Waals surface area contributed by atoms with Crippen LogP contribution in [0, 0.1) is 34.0 Å². The van der Waals surface area contributed by atoms with Crippen LogP contribution in [0.5, 0.6) is 5.75 Å². The van der Waals surface area contributed by atoms with E-state index in [0.29, 0.717) is 18.1 Å². The highest BCUT2D eigenvalue weighted by atomic mass is 16.5. The highest BCUT2D eigenvalue weighted by Crippen LogP contribution is 2.71. The molecule has 28 heavy (non-hydrogen) atoms. The average Bonchev–Trinajstić information content (AvgIpc) is 3.25. The van der Waals surface area contributed by atoms with Crippen LogP contribution in [0.15, 0.2) is 24.3 Å². The number of hydrogen-bond donors (Lipinski definition) is 0. The van der Waals surface area contributed by atoms with Crippen molar-refractivity contribution in [2.75, 3.05) is 0 Å². The quantitative estimate of drug-likeness (QED) is 0.405. The van der Waals surface area contributed by atoms with Crippen molar-refractivity contribution in [2.24, 2.45) is 34.0 Å². The summed E-state index contributed by atoms with van der Waals surface area (Å²) in [5.41, 5.74) is 2.11. The molecule has 0 radical (unpaired) electrons. The van der Waals surface area contributed by atoms with Gasteiger partial charge in [-0.1, -0.05) is 53.7 Å². The fourth-order valence-electron chi connectivity index (χ4n) is 6.72. The molecule has 0 amide bonds. The van der Waals surface area contributed by atoms with E-state index < -0.39 is 0 Å². The Balaban J connectivity index is 1.41. The largest absolute Gasteiger partial charge is 0.427 e. The van der Waals surface area contributed by atoms with Crippen LogP contribution in [-0.2, 0) is 4.79 Å². The molecule has 0 spiro atoms. The van der Waals surface area contributed by atoms with Gasteiger partial charge in [0, 0.05) is 0 Å². The maximum Gasteiger partial charge on any atom is 0.311 e. The molecule has 4 aliphatic carbocycles. The van der Waals surface area contributed by atoms with Gasteiger partial charge in [0.1, 0.15) is 5.75 Å². The van der Waals surface area contributed by atoms with Crippen molar-refractivity contribution >= 4 is 5.97 Å². The second-order valence-electron chi connectivity index (χ2n) is 12.4. The van der Waals surface area contributed by atoms with E-state index in [1.807, 2.05) is 12.1 Å². The molecule has 4 saturated carbocycles. The highest BCUT2D eigenvalue weighted by molar-refractivity contribution is 5.73. The summed E-state index contributed by atoms with van der Waals surface area (Å²) in [6, 6.07) is 8.33. The maximum absolute atomic E-state index is 12.7. The zero-order chi connectivity index (χ0) is 20.3. The molecule has 5 rings (SSSR count). The lowest BCUT2D eigenvalue weighted by atomic mass is 9.69. The highest BCUT2D eigenvalue weighted by Gasteiger charge is 2.63. The third kappa shape index (κ3) is 3.76. The van der Waals surface area contributed by atoms with Gasteiger partial charge in [0.15, 0.2) is 0 Å². The molecule has 1 aromatic rings. The average molecular weight is 383 g/mol. The molecule has 0 heterocycles. The summed E-state index contributed by atoms with van der Waals surface area (Å²) >= 11 is 0. The minimum Gasteiger partial charge on any atom is -0.427 e. The molecule has 0 aromatic heterocycles. The van der Waals surface area contributed by atoms with Crippen molar-refractivity contribution in [3.63, 3.8) is 0 Å². The summed E-state index contributed by atoms with van der Waals surface area (Å²) in [6.45, 7) is 13.9. The Kier molecular flexibility index (Phi) is 4.71. The Hall–Kier alpha value is -1.31. The minimum absolute atomic E-state index is 0.0250. The second-order valence-corrected chi connectivity index (χ2v) is 12.4. The van der Waals surface area contributed by atoms with E-state index in [0.717, 1.165) is 24.2 Å². The molecule has 4 fully saturated rings. The van der Waals surface area contributed by atoms with Crippen LogP contribution in [0.1, 0.15) is 91.5 Å². The maximum atomic E-state index is 12.7. The van der Waals surface area contributed by atoms with E-state index in [-0.39, 0.29) is 22.2 Å². The standard InChI is InChI=1S/C26H38O2/c1-24(2,3)15-22(25(4,5)6)17-7-9-21(10-8-17)28-23(27)16-26-13-18-11-20(26)12-19(18)14-26/h7-10,18-20,22H,11-16H2,1-6H3. The van der Waals surface area contributed by atoms with Gasteiger partial charge >= 0.3 is 5.97 Å². The normalized spacial score (nSPS) is 32.1. The van der Waals surface area contributed by atoms with Crippen LogP contribution in [0.3, 0.4) is 0 Å². The van der Waals surface area contributed by atoms with Crippen LogP contribution >= 0.6 is 0 Å². The first-order valence-electron chi connectivity index (χ1n) is 11.3. The Labute approximate surface area is 171 Å². The smallest absolute Gasteiger partial charge is 0.311 e. The Morgan fingerprint density at radius 2 is 1.61 bits per heavy atom. The van der Waals surface area contributed by atoms with Crippen molar-refractivity contribution in [3.8, 4) is 5.75 Å². The van der Waals surface area contributed by atoms with Crippen molar-refractivity contribution in [3.05, 3.63) is 29.8 Å². The molecule has 0 saturated heterocycles. The van der Waals surface area contributed by atoms with Gasteiger partial charge in [-0.15, -0.1) is 0 Å². The lowest BCUT2D eigenvalue weighted by Gasteiger charge is -2.36. The number of benzene rings is 1. The lowest BCUT2D eigenvalue weighted by molar-refractivity contribution is -0.137. The lowest BCUT2D eigenvalue weighted by Crippen LogP contribution is -2.26. The number of carbonyl (C=O) groups is 1. The number of rotatable bonds is 5. The van der Waals surface area contributed by atoms with E-state index in [2.05, 4.69) is 53.7 Å². The van der Waals surface area contributed by atoms with Crippen LogP contribution in [0.4, 0.5) is 0 Å². The zero-order valence-corrected chi connectivity index (χ0v) is 18.7. The van der Waals surface area contributed by atoms with Crippen molar-refractivity contribution < 1.29 is 9.53 Å². The summed E-state index contributed by atoms with van der Waals surface area (Å²) in [5.74, 6) is 3.78. The first-order valence-corrected chi connectivity index (χ1v) is 11.3. The Morgan fingerprint density at radius 3 is 2.04 bits per heavy atom. The van der Waals surface area contributed by atoms with Gasteiger partial charge in [-0.05, 0) is 89.7 Å². The van der Waals surface area contributed by atoms with Gasteiger partial charge in [-0.3, -0.25) is 4.79 Å². The molecule has 1 aromatic carbocycles. The first-order chi connectivity index (χ1) is 13.0. The van der Waals surface area contributed by atoms with E-state index >= 15 is 0 Å². The number of hydrogen-bond acceptors (Lipinski definition) is 2. The predicted molar refractivity (Wildman–Crippen MR) is 114 cm³/mol. The van der Waals surface area contributed by atoms with Crippen molar-refractivity contribution in [1.29, 1.82) is 0 Å². The molecule has 0 N–H and O–H groups in total. The van der Waals surface area contributed by atoms with Crippen LogP contribution in [0.25, 0.3) is 0 Å². The summed E-state index contributed by atoms with van der Waals surface area (Å²) < 4.78 is 5.77. The van der Waals surface area contributed by atoms with Gasteiger partial charge in [-0.25, -0.2) is 0 Å². The van der Waals surface area contributed by atoms with E-state index in [1.165, 1.54) is 31.2 Å². The Bertz CT molecular complexity index is 717. The van der Waals surface area contributed by atoms with Gasteiger partial charge in [0.05, 0.1) is 6.42 Å². The summed E-state index contributed by atoms with van der Waals surface area (Å²) in [7, 11) is 0.